The molecule has 25 heavy (non-hydrogen) atoms. The van der Waals surface area contributed by atoms with Crippen molar-refractivity contribution in [2.75, 3.05) is 26.2 Å². The predicted molar refractivity (Wildman–Crippen MR) is 96.5 cm³/mol. The zero-order chi connectivity index (χ0) is 17.5. The third-order valence-electron chi connectivity index (χ3n) is 4.35. The van der Waals surface area contributed by atoms with Gasteiger partial charge >= 0.3 is 0 Å². The van der Waals surface area contributed by atoms with Gasteiger partial charge in [0.15, 0.2) is 0 Å². The van der Waals surface area contributed by atoms with Crippen LogP contribution in [0.25, 0.3) is 0 Å². The molecule has 0 bridgehead atoms. The largest absolute Gasteiger partial charge is 0.468 e. The van der Waals surface area contributed by atoms with Gasteiger partial charge in [0.05, 0.1) is 23.7 Å². The average Bonchev–Trinajstić information content (AvgIpc) is 3.34. The van der Waals surface area contributed by atoms with Crippen molar-refractivity contribution in [1.29, 1.82) is 0 Å². The van der Waals surface area contributed by atoms with Crippen molar-refractivity contribution in [2.24, 2.45) is 0 Å². The van der Waals surface area contributed by atoms with Crippen molar-refractivity contribution in [3.63, 3.8) is 0 Å². The van der Waals surface area contributed by atoms with Crippen LogP contribution in [-0.2, 0) is 4.79 Å². The van der Waals surface area contributed by atoms with E-state index in [0.29, 0.717) is 11.4 Å². The van der Waals surface area contributed by atoms with Crippen LogP contribution in [0.3, 0.4) is 0 Å². The number of hydrogen-bond acceptors (Lipinski definition) is 5. The zero-order valence-corrected chi connectivity index (χ0v) is 14.9. The van der Waals surface area contributed by atoms with E-state index in [1.165, 1.54) is 30.6 Å². The Balaban J connectivity index is 1.50. The minimum absolute atomic E-state index is 0.0262. The van der Waals surface area contributed by atoms with Crippen molar-refractivity contribution in [2.45, 2.75) is 25.3 Å². The van der Waals surface area contributed by atoms with Gasteiger partial charge in [-0.1, -0.05) is 12.5 Å². The Labute approximate surface area is 151 Å². The maximum absolute atomic E-state index is 12.1. The number of furan rings is 1. The molecule has 1 aliphatic rings. The molecule has 1 aliphatic heterocycles. The minimum atomic E-state index is -0.219. The van der Waals surface area contributed by atoms with E-state index in [2.05, 4.69) is 15.5 Å². The van der Waals surface area contributed by atoms with E-state index in [4.69, 9.17) is 4.42 Å². The molecule has 1 atom stereocenters. The number of amides is 2. The number of nitrogens with zero attached hydrogens (tertiary/aromatic N) is 1. The minimum Gasteiger partial charge on any atom is -0.468 e. The van der Waals surface area contributed by atoms with E-state index in [0.717, 1.165) is 18.8 Å². The van der Waals surface area contributed by atoms with E-state index in [9.17, 15) is 9.59 Å². The second-order valence-electron chi connectivity index (χ2n) is 6.09. The Kier molecular flexibility index (Phi) is 6.25. The predicted octanol–water partition coefficient (Wildman–Crippen LogP) is 2.41. The molecular formula is C18H23N3O3S. The van der Waals surface area contributed by atoms with Crippen LogP contribution in [0.1, 0.15) is 40.7 Å². The highest BCUT2D eigenvalue weighted by Crippen LogP contribution is 2.24. The molecule has 3 rings (SSSR count). The van der Waals surface area contributed by atoms with Crippen LogP contribution >= 0.6 is 11.3 Å². The van der Waals surface area contributed by atoms with Crippen LogP contribution < -0.4 is 10.6 Å². The Morgan fingerprint density at radius 3 is 2.68 bits per heavy atom. The van der Waals surface area contributed by atoms with Crippen molar-refractivity contribution >= 4 is 23.2 Å². The molecule has 2 N–H and O–H groups in total. The first kappa shape index (κ1) is 17.7. The molecule has 3 heterocycles. The van der Waals surface area contributed by atoms with E-state index in [1.54, 1.807) is 12.3 Å². The van der Waals surface area contributed by atoms with Crippen LogP contribution in [0.2, 0.25) is 0 Å². The van der Waals surface area contributed by atoms with Crippen molar-refractivity contribution in [1.82, 2.24) is 15.5 Å². The Morgan fingerprint density at radius 1 is 1.16 bits per heavy atom. The molecule has 2 amide bonds. The van der Waals surface area contributed by atoms with E-state index >= 15 is 0 Å². The normalized spacial score (nSPS) is 16.3. The number of rotatable bonds is 7. The summed E-state index contributed by atoms with van der Waals surface area (Å²) in [6.07, 6.45) is 5.25. The third-order valence-corrected chi connectivity index (χ3v) is 5.22. The molecule has 134 valence electrons. The highest BCUT2D eigenvalue weighted by atomic mass is 32.1. The summed E-state index contributed by atoms with van der Waals surface area (Å²) < 4.78 is 5.57. The van der Waals surface area contributed by atoms with Crippen molar-refractivity contribution < 1.29 is 14.0 Å². The maximum Gasteiger partial charge on any atom is 0.261 e. The monoisotopic (exact) mass is 361 g/mol. The lowest BCUT2D eigenvalue weighted by molar-refractivity contribution is -0.120. The first-order valence-corrected chi connectivity index (χ1v) is 9.48. The van der Waals surface area contributed by atoms with Gasteiger partial charge in [0.25, 0.3) is 5.91 Å². The summed E-state index contributed by atoms with van der Waals surface area (Å²) in [4.78, 5) is 26.9. The first-order chi connectivity index (χ1) is 12.2. The first-order valence-electron chi connectivity index (χ1n) is 8.60. The van der Waals surface area contributed by atoms with Crippen LogP contribution in [0, 0.1) is 0 Å². The zero-order valence-electron chi connectivity index (χ0n) is 14.1. The Morgan fingerprint density at radius 2 is 2.00 bits per heavy atom. The second-order valence-corrected chi connectivity index (χ2v) is 7.04. The topological polar surface area (TPSA) is 74.6 Å². The van der Waals surface area contributed by atoms with Crippen molar-refractivity contribution in [3.05, 3.63) is 46.5 Å². The van der Waals surface area contributed by atoms with Crippen LogP contribution in [0.15, 0.2) is 40.3 Å². The van der Waals surface area contributed by atoms with Crippen LogP contribution in [0.4, 0.5) is 0 Å². The third kappa shape index (κ3) is 4.93. The summed E-state index contributed by atoms with van der Waals surface area (Å²) in [7, 11) is 0. The summed E-state index contributed by atoms with van der Waals surface area (Å²) in [5.41, 5.74) is 0. The number of thiophene rings is 1. The van der Waals surface area contributed by atoms with Gasteiger partial charge in [0, 0.05) is 6.54 Å². The standard InChI is InChI=1S/C18H23N3O3S/c22-17(13-20-18(23)16-7-5-11-25-16)19-12-14(15-6-4-10-24-15)21-8-2-1-3-9-21/h4-7,10-11,14H,1-3,8-9,12-13H2,(H,19,22)(H,20,23). The highest BCUT2D eigenvalue weighted by molar-refractivity contribution is 7.12. The number of piperidine rings is 1. The number of hydrogen-bond donors (Lipinski definition) is 2. The van der Waals surface area contributed by atoms with Gasteiger partial charge in [-0.25, -0.2) is 0 Å². The van der Waals surface area contributed by atoms with Gasteiger partial charge in [0.2, 0.25) is 5.91 Å². The molecule has 2 aromatic rings. The summed E-state index contributed by atoms with van der Waals surface area (Å²) in [6.45, 7) is 2.47. The molecule has 1 saturated heterocycles. The number of nitrogens with one attached hydrogen (secondary N) is 2. The maximum atomic E-state index is 12.1. The summed E-state index contributed by atoms with van der Waals surface area (Å²) in [5, 5.41) is 7.40. The molecule has 0 radical (unpaired) electrons. The Bertz CT molecular complexity index is 664. The molecule has 0 aliphatic carbocycles. The van der Waals surface area contributed by atoms with Crippen LogP contribution in [0.5, 0.6) is 0 Å². The van der Waals surface area contributed by atoms with E-state index < -0.39 is 0 Å². The molecular weight excluding hydrogens is 338 g/mol. The average molecular weight is 361 g/mol. The van der Waals surface area contributed by atoms with Gasteiger partial charge in [-0.2, -0.15) is 0 Å². The summed E-state index contributed by atoms with van der Waals surface area (Å²) >= 11 is 1.36. The molecule has 0 aromatic carbocycles. The van der Waals surface area contributed by atoms with Gasteiger partial charge in [-0.05, 0) is 49.5 Å². The fourth-order valence-electron chi connectivity index (χ4n) is 3.05. The molecule has 1 unspecified atom stereocenters. The Hall–Kier alpha value is -2.12. The number of carbonyl (C=O) groups excluding carboxylic acids is 2. The van der Waals surface area contributed by atoms with Crippen LogP contribution in [-0.4, -0.2) is 42.9 Å². The summed E-state index contributed by atoms with van der Waals surface area (Å²) in [6, 6.07) is 7.40. The fraction of sp³-hybridized carbons (Fsp3) is 0.444. The quantitative estimate of drug-likeness (QED) is 0.794. The fourth-order valence-corrected chi connectivity index (χ4v) is 3.69. The van der Waals surface area contributed by atoms with E-state index in [-0.39, 0.29) is 24.4 Å². The lowest BCUT2D eigenvalue weighted by Gasteiger charge is -2.33. The molecule has 2 aromatic heterocycles. The highest BCUT2D eigenvalue weighted by Gasteiger charge is 2.24. The molecule has 0 saturated carbocycles. The SMILES string of the molecule is O=C(CNC(=O)c1cccs1)NCC(c1ccco1)N1CCCCC1. The summed E-state index contributed by atoms with van der Waals surface area (Å²) in [5.74, 6) is 0.451. The second kappa shape index (κ2) is 8.82. The van der Waals surface area contributed by atoms with E-state index in [1.807, 2.05) is 23.6 Å². The lowest BCUT2D eigenvalue weighted by atomic mass is 10.1. The molecule has 0 spiro atoms. The smallest absolute Gasteiger partial charge is 0.261 e. The molecule has 7 heteroatoms. The number of likely N-dealkylation sites (tertiary alicyclic amines) is 1. The number of carbonyl (C=O) groups is 2. The lowest BCUT2D eigenvalue weighted by Crippen LogP contribution is -2.43. The van der Waals surface area contributed by atoms with Gasteiger partial charge < -0.3 is 15.1 Å². The molecule has 1 fully saturated rings. The van der Waals surface area contributed by atoms with Gasteiger partial charge in [-0.3, -0.25) is 14.5 Å². The van der Waals surface area contributed by atoms with Gasteiger partial charge in [-0.15, -0.1) is 11.3 Å². The molecule has 6 nitrogen and oxygen atoms in total. The van der Waals surface area contributed by atoms with Crippen molar-refractivity contribution in [3.8, 4) is 0 Å². The van der Waals surface area contributed by atoms with Gasteiger partial charge in [0.1, 0.15) is 5.76 Å².